The Kier molecular flexibility index (Phi) is 4.88. The number of rotatable bonds is 6. The first-order chi connectivity index (χ1) is 6.86. The standard InChI is InChI=1S/C9H16N4O/c1-14-6-8-5-9(13-7-12-8)11-4-2-3-10/h5,7H,2-4,6,10H2,1H3,(H,11,12,13). The number of nitrogens with one attached hydrogen (secondary N) is 1. The lowest BCUT2D eigenvalue weighted by molar-refractivity contribution is 0.181. The van der Waals surface area contributed by atoms with Crippen molar-refractivity contribution >= 4 is 5.82 Å². The van der Waals surface area contributed by atoms with Crippen LogP contribution in [-0.2, 0) is 11.3 Å². The minimum absolute atomic E-state index is 0.508. The first-order valence-electron chi connectivity index (χ1n) is 4.60. The molecule has 0 radical (unpaired) electrons. The first-order valence-corrected chi connectivity index (χ1v) is 4.60. The average molecular weight is 196 g/mol. The second-order valence-electron chi connectivity index (χ2n) is 2.90. The monoisotopic (exact) mass is 196 g/mol. The van der Waals surface area contributed by atoms with Crippen LogP contribution in [0, 0.1) is 0 Å². The van der Waals surface area contributed by atoms with Crippen LogP contribution in [0.2, 0.25) is 0 Å². The van der Waals surface area contributed by atoms with E-state index < -0.39 is 0 Å². The number of hydrogen-bond acceptors (Lipinski definition) is 5. The van der Waals surface area contributed by atoms with Gasteiger partial charge in [-0.2, -0.15) is 0 Å². The molecule has 3 N–H and O–H groups in total. The average Bonchev–Trinajstić information content (AvgIpc) is 2.19. The fourth-order valence-corrected chi connectivity index (χ4v) is 1.04. The lowest BCUT2D eigenvalue weighted by Gasteiger charge is -2.05. The molecule has 0 unspecified atom stereocenters. The van der Waals surface area contributed by atoms with E-state index in [1.165, 1.54) is 6.33 Å². The number of anilines is 1. The van der Waals surface area contributed by atoms with E-state index in [0.717, 1.165) is 24.5 Å². The van der Waals surface area contributed by atoms with Crippen LogP contribution in [0.15, 0.2) is 12.4 Å². The number of aromatic nitrogens is 2. The number of ether oxygens (including phenoxy) is 1. The third-order valence-corrected chi connectivity index (χ3v) is 1.70. The Morgan fingerprint density at radius 2 is 2.36 bits per heavy atom. The second kappa shape index (κ2) is 6.28. The fourth-order valence-electron chi connectivity index (χ4n) is 1.04. The van der Waals surface area contributed by atoms with E-state index in [2.05, 4.69) is 15.3 Å². The summed E-state index contributed by atoms with van der Waals surface area (Å²) in [6.07, 6.45) is 2.46. The predicted molar refractivity (Wildman–Crippen MR) is 54.9 cm³/mol. The summed E-state index contributed by atoms with van der Waals surface area (Å²) >= 11 is 0. The summed E-state index contributed by atoms with van der Waals surface area (Å²) in [5, 5.41) is 3.16. The van der Waals surface area contributed by atoms with Gasteiger partial charge in [0.05, 0.1) is 12.3 Å². The number of hydrogen-bond donors (Lipinski definition) is 2. The van der Waals surface area contributed by atoms with Gasteiger partial charge in [0, 0.05) is 19.7 Å². The summed E-state index contributed by atoms with van der Waals surface area (Å²) in [4.78, 5) is 8.13. The van der Waals surface area contributed by atoms with E-state index in [9.17, 15) is 0 Å². The van der Waals surface area contributed by atoms with Gasteiger partial charge in [-0.3, -0.25) is 0 Å². The van der Waals surface area contributed by atoms with Crippen LogP contribution in [0.4, 0.5) is 5.82 Å². The van der Waals surface area contributed by atoms with Crippen molar-refractivity contribution in [1.29, 1.82) is 0 Å². The molecule has 1 rings (SSSR count). The van der Waals surface area contributed by atoms with Crippen LogP contribution in [0.3, 0.4) is 0 Å². The molecule has 0 atom stereocenters. The van der Waals surface area contributed by atoms with E-state index in [1.807, 2.05) is 6.07 Å². The summed E-state index contributed by atoms with van der Waals surface area (Å²) in [5.74, 6) is 0.820. The molecule has 0 spiro atoms. The quantitative estimate of drug-likeness (QED) is 0.644. The molecule has 0 aliphatic carbocycles. The topological polar surface area (TPSA) is 73.1 Å². The lowest BCUT2D eigenvalue weighted by atomic mass is 10.4. The summed E-state index contributed by atoms with van der Waals surface area (Å²) in [5.41, 5.74) is 6.25. The van der Waals surface area contributed by atoms with Crippen molar-refractivity contribution < 1.29 is 4.74 Å². The Balaban J connectivity index is 2.46. The van der Waals surface area contributed by atoms with Crippen molar-refractivity contribution in [2.75, 3.05) is 25.5 Å². The lowest BCUT2D eigenvalue weighted by Crippen LogP contribution is -2.09. The van der Waals surface area contributed by atoms with Crippen LogP contribution in [0.5, 0.6) is 0 Å². The Hall–Kier alpha value is -1.20. The first kappa shape index (κ1) is 10.9. The minimum atomic E-state index is 0.508. The summed E-state index contributed by atoms with van der Waals surface area (Å²) in [6.45, 7) is 2.02. The molecule has 0 aliphatic heterocycles. The van der Waals surface area contributed by atoms with Gasteiger partial charge in [-0.15, -0.1) is 0 Å². The third-order valence-electron chi connectivity index (χ3n) is 1.70. The Morgan fingerprint density at radius 3 is 3.07 bits per heavy atom. The highest BCUT2D eigenvalue weighted by Gasteiger charge is 1.97. The molecule has 14 heavy (non-hydrogen) atoms. The molecule has 0 bridgehead atoms. The summed E-state index contributed by atoms with van der Waals surface area (Å²) < 4.78 is 4.97. The van der Waals surface area contributed by atoms with E-state index in [0.29, 0.717) is 13.2 Å². The highest BCUT2D eigenvalue weighted by molar-refractivity contribution is 5.34. The smallest absolute Gasteiger partial charge is 0.129 e. The van der Waals surface area contributed by atoms with Crippen LogP contribution in [-0.4, -0.2) is 30.2 Å². The molecule has 0 aromatic carbocycles. The predicted octanol–water partition coefficient (Wildman–Crippen LogP) is 0.384. The van der Waals surface area contributed by atoms with E-state index in [4.69, 9.17) is 10.5 Å². The molecule has 5 nitrogen and oxygen atoms in total. The second-order valence-corrected chi connectivity index (χ2v) is 2.90. The van der Waals surface area contributed by atoms with Gasteiger partial charge in [0.1, 0.15) is 12.1 Å². The zero-order chi connectivity index (χ0) is 10.2. The van der Waals surface area contributed by atoms with Crippen LogP contribution < -0.4 is 11.1 Å². The molecule has 0 saturated carbocycles. The minimum Gasteiger partial charge on any atom is -0.378 e. The molecule has 0 saturated heterocycles. The number of nitrogens with two attached hydrogens (primary N) is 1. The van der Waals surface area contributed by atoms with Gasteiger partial charge in [0.15, 0.2) is 0 Å². The van der Waals surface area contributed by atoms with Crippen LogP contribution in [0.25, 0.3) is 0 Å². The van der Waals surface area contributed by atoms with Crippen molar-refractivity contribution in [3.63, 3.8) is 0 Å². The SMILES string of the molecule is COCc1cc(NCCCN)ncn1. The van der Waals surface area contributed by atoms with Crippen molar-refractivity contribution in [1.82, 2.24) is 9.97 Å². The van der Waals surface area contributed by atoms with Crippen molar-refractivity contribution in [2.45, 2.75) is 13.0 Å². The number of nitrogens with zero attached hydrogens (tertiary/aromatic N) is 2. The highest BCUT2D eigenvalue weighted by atomic mass is 16.5. The maximum absolute atomic E-state index is 5.38. The Morgan fingerprint density at radius 1 is 1.50 bits per heavy atom. The molecular weight excluding hydrogens is 180 g/mol. The molecule has 0 aliphatic rings. The van der Waals surface area contributed by atoms with Crippen molar-refractivity contribution in [2.24, 2.45) is 5.73 Å². The molecule has 1 aromatic rings. The van der Waals surface area contributed by atoms with E-state index in [1.54, 1.807) is 7.11 Å². The van der Waals surface area contributed by atoms with Gasteiger partial charge >= 0.3 is 0 Å². The zero-order valence-corrected chi connectivity index (χ0v) is 8.36. The van der Waals surface area contributed by atoms with Gasteiger partial charge in [0.25, 0.3) is 0 Å². The van der Waals surface area contributed by atoms with Crippen LogP contribution in [0.1, 0.15) is 12.1 Å². The van der Waals surface area contributed by atoms with Gasteiger partial charge in [-0.1, -0.05) is 0 Å². The maximum atomic E-state index is 5.38. The molecule has 1 aromatic heterocycles. The Labute approximate surface area is 83.7 Å². The molecular formula is C9H16N4O. The molecule has 0 amide bonds. The maximum Gasteiger partial charge on any atom is 0.129 e. The van der Waals surface area contributed by atoms with E-state index in [-0.39, 0.29) is 0 Å². The normalized spacial score (nSPS) is 10.1. The van der Waals surface area contributed by atoms with E-state index >= 15 is 0 Å². The third kappa shape index (κ3) is 3.68. The summed E-state index contributed by atoms with van der Waals surface area (Å²) in [7, 11) is 1.64. The molecule has 5 heteroatoms. The molecule has 78 valence electrons. The van der Waals surface area contributed by atoms with Gasteiger partial charge in [0.2, 0.25) is 0 Å². The van der Waals surface area contributed by atoms with Gasteiger partial charge in [-0.25, -0.2) is 9.97 Å². The van der Waals surface area contributed by atoms with Gasteiger partial charge in [-0.05, 0) is 13.0 Å². The zero-order valence-electron chi connectivity index (χ0n) is 8.36. The van der Waals surface area contributed by atoms with Crippen molar-refractivity contribution in [3.05, 3.63) is 18.1 Å². The molecule has 1 heterocycles. The molecule has 0 fully saturated rings. The Bertz CT molecular complexity index is 267. The van der Waals surface area contributed by atoms with Gasteiger partial charge < -0.3 is 15.8 Å². The fraction of sp³-hybridized carbons (Fsp3) is 0.556. The van der Waals surface area contributed by atoms with Crippen molar-refractivity contribution in [3.8, 4) is 0 Å². The summed E-state index contributed by atoms with van der Waals surface area (Å²) in [6, 6.07) is 1.88. The van der Waals surface area contributed by atoms with Crippen LogP contribution >= 0.6 is 0 Å². The largest absolute Gasteiger partial charge is 0.378 e. The highest BCUT2D eigenvalue weighted by Crippen LogP contribution is 2.04. The number of methoxy groups -OCH3 is 1.